The molecule has 3 aromatic carbocycles. The van der Waals surface area contributed by atoms with E-state index in [0.29, 0.717) is 11.3 Å². The van der Waals surface area contributed by atoms with Crippen LogP contribution in [-0.4, -0.2) is 33.7 Å². The van der Waals surface area contributed by atoms with Gasteiger partial charge in [0.05, 0.1) is 17.4 Å². The topological polar surface area (TPSA) is 97.2 Å². The summed E-state index contributed by atoms with van der Waals surface area (Å²) in [7, 11) is -4.65. The second-order valence-corrected chi connectivity index (χ2v) is 13.9. The van der Waals surface area contributed by atoms with Gasteiger partial charge in [-0.1, -0.05) is 74.5 Å². The van der Waals surface area contributed by atoms with E-state index >= 15 is 0 Å². The lowest BCUT2D eigenvalue weighted by atomic mass is 9.95. The summed E-state index contributed by atoms with van der Waals surface area (Å²) in [4.78, 5) is 29.7. The molecule has 3 unspecified atom stereocenters. The zero-order valence-corrected chi connectivity index (χ0v) is 25.4. The molecule has 41 heavy (non-hydrogen) atoms. The van der Waals surface area contributed by atoms with E-state index in [1.54, 1.807) is 34.6 Å². The van der Waals surface area contributed by atoms with Crippen LogP contribution in [0.15, 0.2) is 77.8 Å². The van der Waals surface area contributed by atoms with Crippen molar-refractivity contribution in [3.63, 3.8) is 0 Å². The van der Waals surface area contributed by atoms with Crippen molar-refractivity contribution in [3.05, 3.63) is 95.3 Å². The molecule has 1 aliphatic rings. The average Bonchev–Trinajstić information content (AvgIpc) is 3.18. The van der Waals surface area contributed by atoms with E-state index in [1.807, 2.05) is 62.4 Å². The number of nitrogens with one attached hydrogen (secondary N) is 1. The quantitative estimate of drug-likeness (QED) is 0.207. The highest BCUT2D eigenvalue weighted by Gasteiger charge is 2.46. The Bertz CT molecular complexity index is 1450. The van der Waals surface area contributed by atoms with Gasteiger partial charge in [0.25, 0.3) is 0 Å². The van der Waals surface area contributed by atoms with Gasteiger partial charge in [0, 0.05) is 11.1 Å². The van der Waals surface area contributed by atoms with Crippen molar-refractivity contribution < 1.29 is 27.9 Å². The molecule has 0 aliphatic heterocycles. The Hall–Kier alpha value is -3.32. The zero-order valence-electron chi connectivity index (χ0n) is 24.5. The van der Waals surface area contributed by atoms with Crippen LogP contribution in [-0.2, 0) is 13.8 Å². The van der Waals surface area contributed by atoms with E-state index in [-0.39, 0.29) is 5.92 Å². The van der Waals surface area contributed by atoms with Crippen molar-refractivity contribution in [1.29, 1.82) is 0 Å². The van der Waals surface area contributed by atoms with E-state index in [9.17, 15) is 18.6 Å². The maximum atomic E-state index is 14.4. The molecule has 3 aromatic rings. The third-order valence-corrected chi connectivity index (χ3v) is 9.02. The molecule has 0 saturated heterocycles. The van der Waals surface area contributed by atoms with Crippen LogP contribution in [0.4, 0.5) is 9.18 Å². The van der Waals surface area contributed by atoms with Crippen molar-refractivity contribution in [2.75, 3.05) is 0 Å². The number of rotatable bonds is 8. The largest absolute Gasteiger partial charge is 0.444 e. The SMILES string of the molecule is CC(C)C(C)(C)OP(=O)(O)C(N=C1c2ccccc2-c2ccccc21)C(NC(=O)OC(C)(C)C)c1ccc(F)cc1. The summed E-state index contributed by atoms with van der Waals surface area (Å²) >= 11 is 0. The van der Waals surface area contributed by atoms with Crippen LogP contribution in [0.2, 0.25) is 0 Å². The maximum absolute atomic E-state index is 14.4. The molecule has 9 heteroatoms. The molecule has 3 atom stereocenters. The smallest absolute Gasteiger partial charge is 0.408 e. The fraction of sp³-hybridized carbons (Fsp3) is 0.375. The van der Waals surface area contributed by atoms with Crippen molar-refractivity contribution >= 4 is 19.4 Å². The molecule has 0 radical (unpaired) electrons. The van der Waals surface area contributed by atoms with E-state index in [1.165, 1.54) is 24.3 Å². The molecule has 4 rings (SSSR count). The molecular weight excluding hydrogens is 542 g/mol. The zero-order chi connectivity index (χ0) is 30.2. The highest BCUT2D eigenvalue weighted by Crippen LogP contribution is 2.57. The van der Waals surface area contributed by atoms with Gasteiger partial charge in [-0.3, -0.25) is 9.56 Å². The number of amides is 1. The lowest BCUT2D eigenvalue weighted by Crippen LogP contribution is -2.41. The number of aliphatic imine (C=N–C) groups is 1. The van der Waals surface area contributed by atoms with Crippen LogP contribution in [0.3, 0.4) is 0 Å². The molecular formula is C32H38FN2O5P. The monoisotopic (exact) mass is 580 g/mol. The van der Waals surface area contributed by atoms with Gasteiger partial charge in [-0.2, -0.15) is 0 Å². The standard InChI is InChI=1S/C32H38FN2O5P/c1-20(2)32(6,7)40-41(37,38)29(27(21-16-18-22(33)19-17-21)35-30(36)39-31(3,4)5)34-28-25-14-10-8-12-23(25)24-13-9-11-15-26(24)28/h8-20,27,29H,1-7H3,(H,35,36)(H,37,38). The summed E-state index contributed by atoms with van der Waals surface area (Å²) in [5.41, 5.74) is 2.49. The number of alkyl carbamates (subject to hydrolysis) is 1. The Morgan fingerprint density at radius 2 is 1.37 bits per heavy atom. The van der Waals surface area contributed by atoms with Crippen molar-refractivity contribution in [3.8, 4) is 11.1 Å². The number of benzene rings is 3. The lowest BCUT2D eigenvalue weighted by Gasteiger charge is -2.36. The van der Waals surface area contributed by atoms with Gasteiger partial charge in [0.2, 0.25) is 0 Å². The van der Waals surface area contributed by atoms with Crippen LogP contribution in [0.5, 0.6) is 0 Å². The second kappa shape index (κ2) is 11.5. The third-order valence-electron chi connectivity index (χ3n) is 7.21. The van der Waals surface area contributed by atoms with E-state index in [0.717, 1.165) is 22.3 Å². The number of carbonyl (C=O) groups excluding carboxylic acids is 1. The summed E-state index contributed by atoms with van der Waals surface area (Å²) < 4.78 is 39.8. The summed E-state index contributed by atoms with van der Waals surface area (Å²) in [5.74, 6) is -2.12. The molecule has 0 aromatic heterocycles. The van der Waals surface area contributed by atoms with Crippen LogP contribution in [0.25, 0.3) is 11.1 Å². The first kappa shape index (κ1) is 30.6. The second-order valence-electron chi connectivity index (χ2n) is 12.1. The fourth-order valence-corrected chi connectivity index (χ4v) is 6.41. The highest BCUT2D eigenvalue weighted by molar-refractivity contribution is 7.53. The van der Waals surface area contributed by atoms with E-state index in [2.05, 4.69) is 5.32 Å². The van der Waals surface area contributed by atoms with Gasteiger partial charge in [-0.15, -0.1) is 0 Å². The molecule has 2 N–H and O–H groups in total. The summed E-state index contributed by atoms with van der Waals surface area (Å²) in [6.45, 7) is 12.4. The van der Waals surface area contributed by atoms with Gasteiger partial charge in [0.1, 0.15) is 11.4 Å². The first-order chi connectivity index (χ1) is 19.1. The molecule has 0 fully saturated rings. The average molecular weight is 581 g/mol. The molecule has 0 saturated carbocycles. The maximum Gasteiger partial charge on any atom is 0.408 e. The minimum atomic E-state index is -4.65. The molecule has 218 valence electrons. The molecule has 1 aliphatic carbocycles. The Labute approximate surface area is 241 Å². The van der Waals surface area contributed by atoms with E-state index in [4.69, 9.17) is 14.3 Å². The number of hydrogen-bond donors (Lipinski definition) is 2. The summed E-state index contributed by atoms with van der Waals surface area (Å²) in [6, 6.07) is 19.5. The predicted octanol–water partition coefficient (Wildman–Crippen LogP) is 7.87. The van der Waals surface area contributed by atoms with Gasteiger partial charge >= 0.3 is 13.7 Å². The predicted molar refractivity (Wildman–Crippen MR) is 160 cm³/mol. The number of halogens is 1. The van der Waals surface area contributed by atoms with Crippen LogP contribution < -0.4 is 5.32 Å². The highest BCUT2D eigenvalue weighted by atomic mass is 31.2. The fourth-order valence-electron chi connectivity index (χ4n) is 4.53. The van der Waals surface area contributed by atoms with Gasteiger partial charge < -0.3 is 19.5 Å². The Kier molecular flexibility index (Phi) is 8.60. The Morgan fingerprint density at radius 3 is 1.83 bits per heavy atom. The molecule has 0 bridgehead atoms. The van der Waals surface area contributed by atoms with Crippen molar-refractivity contribution in [1.82, 2.24) is 5.32 Å². The van der Waals surface area contributed by atoms with Crippen molar-refractivity contribution in [2.45, 2.75) is 71.5 Å². The number of hydrogen-bond acceptors (Lipinski definition) is 5. The van der Waals surface area contributed by atoms with Crippen molar-refractivity contribution in [2.24, 2.45) is 10.9 Å². The van der Waals surface area contributed by atoms with Crippen LogP contribution in [0.1, 0.15) is 71.2 Å². The molecule has 0 spiro atoms. The third kappa shape index (κ3) is 6.95. The number of fused-ring (bicyclic) bond motifs is 3. The molecule has 7 nitrogen and oxygen atoms in total. The Morgan fingerprint density at radius 1 is 0.878 bits per heavy atom. The van der Waals surface area contributed by atoms with Crippen LogP contribution >= 0.6 is 7.60 Å². The minimum absolute atomic E-state index is 0.118. The normalized spacial score (nSPS) is 15.9. The van der Waals surface area contributed by atoms with Crippen LogP contribution in [0, 0.1) is 11.7 Å². The first-order valence-electron chi connectivity index (χ1n) is 13.6. The first-order valence-corrected chi connectivity index (χ1v) is 15.3. The van der Waals surface area contributed by atoms with E-state index < -0.39 is 42.5 Å². The molecule has 1 amide bonds. The number of ether oxygens (including phenoxy) is 1. The van der Waals surface area contributed by atoms with Gasteiger partial charge in [-0.25, -0.2) is 9.18 Å². The summed E-state index contributed by atoms with van der Waals surface area (Å²) in [6.07, 6.45) is -0.813. The number of nitrogens with zero attached hydrogens (tertiary/aromatic N) is 1. The van der Waals surface area contributed by atoms with Gasteiger partial charge in [0.15, 0.2) is 5.78 Å². The lowest BCUT2D eigenvalue weighted by molar-refractivity contribution is 0.0418. The van der Waals surface area contributed by atoms with Gasteiger partial charge in [-0.05, 0) is 69.4 Å². The minimum Gasteiger partial charge on any atom is -0.444 e. The molecule has 0 heterocycles. The summed E-state index contributed by atoms with van der Waals surface area (Å²) in [5, 5.41) is 2.75. The Balaban J connectivity index is 1.94. The number of carbonyl (C=O) groups is 1.